The van der Waals surface area contributed by atoms with Crippen LogP contribution in [0, 0.1) is 0 Å². The predicted octanol–water partition coefficient (Wildman–Crippen LogP) is 3.24. The number of carbonyl (C=O) groups is 1. The first kappa shape index (κ1) is 13.0. The summed E-state index contributed by atoms with van der Waals surface area (Å²) in [4.78, 5) is 12.9. The molecule has 0 aliphatic heterocycles. The van der Waals surface area contributed by atoms with E-state index in [2.05, 4.69) is 6.92 Å². The fourth-order valence-corrected chi connectivity index (χ4v) is 2.34. The van der Waals surface area contributed by atoms with Gasteiger partial charge in [0.1, 0.15) is 10.6 Å². The zero-order valence-electron chi connectivity index (χ0n) is 10.3. The van der Waals surface area contributed by atoms with Gasteiger partial charge in [0.05, 0.1) is 5.56 Å². The summed E-state index contributed by atoms with van der Waals surface area (Å²) in [5.74, 6) is -0.330. The van der Waals surface area contributed by atoms with Gasteiger partial charge in [0.2, 0.25) is 0 Å². The van der Waals surface area contributed by atoms with E-state index in [0.717, 1.165) is 17.7 Å². The van der Waals surface area contributed by atoms with Crippen LogP contribution in [0.1, 0.15) is 49.4 Å². The summed E-state index contributed by atoms with van der Waals surface area (Å²) in [5.41, 5.74) is 5.84. The fourth-order valence-electron chi connectivity index (χ4n) is 1.32. The first-order chi connectivity index (χ1) is 7.33. The van der Waals surface area contributed by atoms with Crippen molar-refractivity contribution in [2.75, 3.05) is 5.73 Å². The summed E-state index contributed by atoms with van der Waals surface area (Å²) in [6.45, 7) is 7.64. The van der Waals surface area contributed by atoms with E-state index in [-0.39, 0.29) is 5.97 Å². The van der Waals surface area contributed by atoms with Gasteiger partial charge < -0.3 is 10.5 Å². The van der Waals surface area contributed by atoms with E-state index in [1.54, 1.807) is 0 Å². The highest BCUT2D eigenvalue weighted by Crippen LogP contribution is 2.27. The molecule has 90 valence electrons. The molecular weight excluding hydrogens is 222 g/mol. The normalized spacial score (nSPS) is 11.5. The Balaban J connectivity index is 2.83. The molecule has 4 heteroatoms. The van der Waals surface area contributed by atoms with Crippen molar-refractivity contribution in [2.24, 2.45) is 0 Å². The minimum Gasteiger partial charge on any atom is -0.456 e. The molecule has 0 radical (unpaired) electrons. The second-order valence-electron chi connectivity index (χ2n) is 4.74. The van der Waals surface area contributed by atoms with Gasteiger partial charge in [-0.15, -0.1) is 11.3 Å². The second kappa shape index (κ2) is 4.87. The van der Waals surface area contributed by atoms with Crippen LogP contribution in [0.2, 0.25) is 0 Å². The maximum Gasteiger partial charge on any atom is 0.341 e. The van der Waals surface area contributed by atoms with E-state index >= 15 is 0 Å². The van der Waals surface area contributed by atoms with Gasteiger partial charge in [0.15, 0.2) is 0 Å². The van der Waals surface area contributed by atoms with Crippen molar-refractivity contribution >= 4 is 22.3 Å². The lowest BCUT2D eigenvalue weighted by Gasteiger charge is -2.19. The molecule has 0 unspecified atom stereocenters. The Hall–Kier alpha value is -1.03. The lowest BCUT2D eigenvalue weighted by molar-refractivity contribution is 0.00712. The van der Waals surface area contributed by atoms with Crippen molar-refractivity contribution in [3.05, 3.63) is 16.5 Å². The molecule has 0 amide bonds. The highest BCUT2D eigenvalue weighted by molar-refractivity contribution is 7.16. The van der Waals surface area contributed by atoms with Crippen LogP contribution in [0.3, 0.4) is 0 Å². The van der Waals surface area contributed by atoms with Crippen molar-refractivity contribution in [2.45, 2.75) is 46.1 Å². The van der Waals surface area contributed by atoms with Crippen LogP contribution in [0.15, 0.2) is 6.07 Å². The van der Waals surface area contributed by atoms with Crippen molar-refractivity contribution < 1.29 is 9.53 Å². The van der Waals surface area contributed by atoms with Crippen LogP contribution in [-0.2, 0) is 11.2 Å². The third-order valence-corrected chi connectivity index (χ3v) is 2.95. The van der Waals surface area contributed by atoms with Crippen molar-refractivity contribution in [3.63, 3.8) is 0 Å². The number of ether oxygens (including phenoxy) is 1. The number of rotatable bonds is 3. The van der Waals surface area contributed by atoms with Crippen LogP contribution >= 0.6 is 11.3 Å². The van der Waals surface area contributed by atoms with E-state index < -0.39 is 5.60 Å². The van der Waals surface area contributed by atoms with E-state index in [0.29, 0.717) is 10.6 Å². The van der Waals surface area contributed by atoms with Gasteiger partial charge in [0.25, 0.3) is 0 Å². The van der Waals surface area contributed by atoms with Crippen LogP contribution in [0.4, 0.5) is 5.00 Å². The van der Waals surface area contributed by atoms with Gasteiger partial charge in [-0.05, 0) is 33.3 Å². The molecule has 0 bridgehead atoms. The third kappa shape index (κ3) is 3.52. The monoisotopic (exact) mass is 241 g/mol. The molecule has 0 atom stereocenters. The largest absolute Gasteiger partial charge is 0.456 e. The van der Waals surface area contributed by atoms with Crippen LogP contribution in [0.5, 0.6) is 0 Å². The fraction of sp³-hybridized carbons (Fsp3) is 0.583. The van der Waals surface area contributed by atoms with Crippen LogP contribution in [0.25, 0.3) is 0 Å². The average Bonchev–Trinajstić information content (AvgIpc) is 2.44. The summed E-state index contributed by atoms with van der Waals surface area (Å²) in [6, 6.07) is 1.84. The van der Waals surface area contributed by atoms with Gasteiger partial charge in [-0.1, -0.05) is 13.3 Å². The molecule has 1 heterocycles. The number of hydrogen-bond acceptors (Lipinski definition) is 4. The molecule has 0 fully saturated rings. The van der Waals surface area contributed by atoms with E-state index in [1.165, 1.54) is 11.3 Å². The summed E-state index contributed by atoms with van der Waals surface area (Å²) >= 11 is 1.47. The zero-order valence-corrected chi connectivity index (χ0v) is 11.1. The Morgan fingerprint density at radius 2 is 2.12 bits per heavy atom. The van der Waals surface area contributed by atoms with Gasteiger partial charge in [-0.3, -0.25) is 0 Å². The maximum absolute atomic E-state index is 11.8. The van der Waals surface area contributed by atoms with Gasteiger partial charge in [-0.25, -0.2) is 4.79 Å². The summed E-state index contributed by atoms with van der Waals surface area (Å²) in [5, 5.41) is 0.553. The topological polar surface area (TPSA) is 52.3 Å². The number of aryl methyl sites for hydroxylation is 1. The van der Waals surface area contributed by atoms with Crippen molar-refractivity contribution in [3.8, 4) is 0 Å². The summed E-state index contributed by atoms with van der Waals surface area (Å²) < 4.78 is 5.28. The first-order valence-corrected chi connectivity index (χ1v) is 6.26. The molecule has 0 spiro atoms. The highest BCUT2D eigenvalue weighted by atomic mass is 32.1. The van der Waals surface area contributed by atoms with Crippen molar-refractivity contribution in [1.82, 2.24) is 0 Å². The molecule has 3 nitrogen and oxygen atoms in total. The molecule has 2 N–H and O–H groups in total. The second-order valence-corrected chi connectivity index (χ2v) is 5.91. The standard InChI is InChI=1S/C12H19NO2S/c1-5-6-8-7-9(10(13)16-8)11(14)15-12(2,3)4/h7H,5-6,13H2,1-4H3. The number of nitrogens with two attached hydrogens (primary N) is 1. The van der Waals surface area contributed by atoms with Gasteiger partial charge in [0, 0.05) is 4.88 Å². The number of hydrogen-bond donors (Lipinski definition) is 1. The SMILES string of the molecule is CCCc1cc(C(=O)OC(C)(C)C)c(N)s1. The van der Waals surface area contributed by atoms with E-state index in [4.69, 9.17) is 10.5 Å². The van der Waals surface area contributed by atoms with Gasteiger partial charge >= 0.3 is 5.97 Å². The number of esters is 1. The number of thiophene rings is 1. The minimum atomic E-state index is -0.476. The zero-order chi connectivity index (χ0) is 12.3. The van der Waals surface area contributed by atoms with Crippen molar-refractivity contribution in [1.29, 1.82) is 0 Å². The smallest absolute Gasteiger partial charge is 0.341 e. The van der Waals surface area contributed by atoms with Crippen LogP contribution < -0.4 is 5.73 Å². The Labute approximate surface area is 101 Å². The minimum absolute atomic E-state index is 0.330. The van der Waals surface area contributed by atoms with E-state index in [1.807, 2.05) is 26.8 Å². The molecule has 16 heavy (non-hydrogen) atoms. The van der Waals surface area contributed by atoms with Gasteiger partial charge in [-0.2, -0.15) is 0 Å². The summed E-state index contributed by atoms with van der Waals surface area (Å²) in [6.07, 6.45) is 2.01. The predicted molar refractivity (Wildman–Crippen MR) is 67.9 cm³/mol. The molecule has 0 aliphatic rings. The highest BCUT2D eigenvalue weighted by Gasteiger charge is 2.21. The first-order valence-electron chi connectivity index (χ1n) is 5.45. The Morgan fingerprint density at radius 3 is 2.62 bits per heavy atom. The number of nitrogen functional groups attached to an aromatic ring is 1. The molecule has 0 aliphatic carbocycles. The third-order valence-electron chi connectivity index (χ3n) is 1.93. The lowest BCUT2D eigenvalue weighted by atomic mass is 10.2. The quantitative estimate of drug-likeness (QED) is 0.826. The molecular formula is C12H19NO2S. The Kier molecular flexibility index (Phi) is 3.97. The molecule has 0 aromatic carbocycles. The maximum atomic E-state index is 11.8. The molecule has 1 aromatic rings. The van der Waals surface area contributed by atoms with Crippen LogP contribution in [-0.4, -0.2) is 11.6 Å². The lowest BCUT2D eigenvalue weighted by Crippen LogP contribution is -2.24. The summed E-state index contributed by atoms with van der Waals surface area (Å²) in [7, 11) is 0. The molecule has 1 aromatic heterocycles. The molecule has 0 saturated carbocycles. The number of carbonyl (C=O) groups excluding carboxylic acids is 1. The molecule has 0 saturated heterocycles. The molecule has 1 rings (SSSR count). The number of anilines is 1. The Bertz CT molecular complexity index is 377. The average molecular weight is 241 g/mol. The van der Waals surface area contributed by atoms with E-state index in [9.17, 15) is 4.79 Å². The Morgan fingerprint density at radius 1 is 1.50 bits per heavy atom.